The van der Waals surface area contributed by atoms with Crippen molar-refractivity contribution in [3.63, 3.8) is 0 Å². The Morgan fingerprint density at radius 2 is 2.39 bits per heavy atom. The molecule has 2 heterocycles. The minimum atomic E-state index is 0.568. The Bertz CT molecular complexity index is 336. The van der Waals surface area contributed by atoms with Gasteiger partial charge in [-0.15, -0.1) is 0 Å². The zero-order valence-corrected chi connectivity index (χ0v) is 12.7. The van der Waals surface area contributed by atoms with Gasteiger partial charge in [-0.1, -0.05) is 6.92 Å². The molecule has 0 bridgehead atoms. The second-order valence-electron chi connectivity index (χ2n) is 5.49. The van der Waals surface area contributed by atoms with Gasteiger partial charge in [0.15, 0.2) is 0 Å². The van der Waals surface area contributed by atoms with E-state index in [-0.39, 0.29) is 0 Å². The minimum Gasteiger partial charge on any atom is -0.314 e. The van der Waals surface area contributed by atoms with Gasteiger partial charge in [-0.25, -0.2) is 0 Å². The summed E-state index contributed by atoms with van der Waals surface area (Å²) in [6, 6.07) is 4.25. The van der Waals surface area contributed by atoms with Gasteiger partial charge in [-0.3, -0.25) is 4.90 Å². The van der Waals surface area contributed by atoms with E-state index < -0.39 is 0 Å². The van der Waals surface area contributed by atoms with Crippen LogP contribution in [0.15, 0.2) is 16.8 Å². The molecule has 0 amide bonds. The fourth-order valence-corrected chi connectivity index (χ4v) is 3.75. The van der Waals surface area contributed by atoms with Crippen LogP contribution in [0.1, 0.15) is 51.6 Å². The van der Waals surface area contributed by atoms with Crippen LogP contribution in [0.3, 0.4) is 0 Å². The zero-order valence-electron chi connectivity index (χ0n) is 11.9. The van der Waals surface area contributed by atoms with E-state index in [1.54, 1.807) is 11.3 Å². The lowest BCUT2D eigenvalue weighted by Gasteiger charge is -2.41. The molecular formula is C15H26N2S. The summed E-state index contributed by atoms with van der Waals surface area (Å²) in [7, 11) is 0. The van der Waals surface area contributed by atoms with Crippen LogP contribution in [0.25, 0.3) is 0 Å². The van der Waals surface area contributed by atoms with E-state index in [1.807, 2.05) is 0 Å². The lowest BCUT2D eigenvalue weighted by atomic mass is 9.95. The SMILES string of the molecule is CCCNC1CCN(C(C)c2ccsc2)C(C)C1. The first kappa shape index (κ1) is 14.0. The first-order valence-corrected chi connectivity index (χ1v) is 8.17. The van der Waals surface area contributed by atoms with E-state index in [2.05, 4.69) is 47.8 Å². The van der Waals surface area contributed by atoms with Crippen LogP contribution in [0.4, 0.5) is 0 Å². The Morgan fingerprint density at radius 1 is 1.56 bits per heavy atom. The molecule has 3 atom stereocenters. The summed E-state index contributed by atoms with van der Waals surface area (Å²) >= 11 is 1.81. The van der Waals surface area contributed by atoms with Crippen molar-refractivity contribution in [3.05, 3.63) is 22.4 Å². The summed E-state index contributed by atoms with van der Waals surface area (Å²) in [5, 5.41) is 8.15. The lowest BCUT2D eigenvalue weighted by molar-refractivity contribution is 0.0958. The Balaban J connectivity index is 1.89. The fraction of sp³-hybridized carbons (Fsp3) is 0.733. The van der Waals surface area contributed by atoms with E-state index in [4.69, 9.17) is 0 Å². The highest BCUT2D eigenvalue weighted by Gasteiger charge is 2.28. The van der Waals surface area contributed by atoms with Crippen molar-refractivity contribution < 1.29 is 0 Å². The lowest BCUT2D eigenvalue weighted by Crippen LogP contribution is -2.48. The summed E-state index contributed by atoms with van der Waals surface area (Å²) in [5.74, 6) is 0. The molecule has 0 aliphatic carbocycles. The number of nitrogens with zero attached hydrogens (tertiary/aromatic N) is 1. The van der Waals surface area contributed by atoms with Crippen molar-refractivity contribution >= 4 is 11.3 Å². The third-order valence-corrected chi connectivity index (χ3v) is 4.84. The Hall–Kier alpha value is -0.380. The van der Waals surface area contributed by atoms with E-state index in [0.29, 0.717) is 12.1 Å². The molecule has 3 heteroatoms. The number of rotatable bonds is 5. The topological polar surface area (TPSA) is 15.3 Å². The van der Waals surface area contributed by atoms with Crippen molar-refractivity contribution in [2.75, 3.05) is 13.1 Å². The summed E-state index contributed by atoms with van der Waals surface area (Å²) in [5.41, 5.74) is 1.48. The molecule has 3 unspecified atom stereocenters. The molecule has 1 aliphatic rings. The van der Waals surface area contributed by atoms with E-state index >= 15 is 0 Å². The van der Waals surface area contributed by atoms with Crippen molar-refractivity contribution in [2.45, 2.75) is 58.2 Å². The summed E-state index contributed by atoms with van der Waals surface area (Å²) in [4.78, 5) is 2.66. The standard InChI is InChI=1S/C15H26N2S/c1-4-7-16-15-5-8-17(12(2)10-15)13(3)14-6-9-18-11-14/h6,9,11-13,15-16H,4-5,7-8,10H2,1-3H3. The highest BCUT2D eigenvalue weighted by molar-refractivity contribution is 7.07. The summed E-state index contributed by atoms with van der Waals surface area (Å²) in [6.07, 6.45) is 3.81. The predicted molar refractivity (Wildman–Crippen MR) is 80.2 cm³/mol. The van der Waals surface area contributed by atoms with E-state index in [0.717, 1.165) is 12.6 Å². The number of hydrogen-bond acceptors (Lipinski definition) is 3. The maximum atomic E-state index is 3.67. The first-order valence-electron chi connectivity index (χ1n) is 7.23. The van der Waals surface area contributed by atoms with E-state index in [9.17, 15) is 0 Å². The first-order chi connectivity index (χ1) is 8.72. The molecule has 1 aromatic heterocycles. The molecular weight excluding hydrogens is 240 g/mol. The fourth-order valence-electron chi connectivity index (χ4n) is 3.00. The smallest absolute Gasteiger partial charge is 0.0330 e. The second kappa shape index (κ2) is 6.69. The highest BCUT2D eigenvalue weighted by atomic mass is 32.1. The van der Waals surface area contributed by atoms with Crippen molar-refractivity contribution in [1.29, 1.82) is 0 Å². The van der Waals surface area contributed by atoms with Gasteiger partial charge in [-0.05, 0) is 62.0 Å². The number of likely N-dealkylation sites (tertiary alicyclic amines) is 1. The van der Waals surface area contributed by atoms with Crippen LogP contribution in [0.2, 0.25) is 0 Å². The monoisotopic (exact) mass is 266 g/mol. The third kappa shape index (κ3) is 3.34. The molecule has 1 aromatic rings. The average molecular weight is 266 g/mol. The Kier molecular flexibility index (Phi) is 5.22. The minimum absolute atomic E-state index is 0.568. The van der Waals surface area contributed by atoms with E-state index in [1.165, 1.54) is 31.4 Å². The number of piperidine rings is 1. The van der Waals surface area contributed by atoms with Crippen LogP contribution in [-0.2, 0) is 0 Å². The normalized spacial score (nSPS) is 27.3. The molecule has 0 radical (unpaired) electrons. The highest BCUT2D eigenvalue weighted by Crippen LogP contribution is 2.29. The second-order valence-corrected chi connectivity index (χ2v) is 6.27. The van der Waals surface area contributed by atoms with Crippen molar-refractivity contribution in [2.24, 2.45) is 0 Å². The molecule has 2 nitrogen and oxygen atoms in total. The molecule has 1 fully saturated rings. The van der Waals surface area contributed by atoms with Gasteiger partial charge in [0.2, 0.25) is 0 Å². The van der Waals surface area contributed by atoms with Gasteiger partial charge in [0.25, 0.3) is 0 Å². The van der Waals surface area contributed by atoms with Gasteiger partial charge < -0.3 is 5.32 Å². The third-order valence-electron chi connectivity index (χ3n) is 4.13. The largest absolute Gasteiger partial charge is 0.314 e. The summed E-state index contributed by atoms with van der Waals surface area (Å²) < 4.78 is 0. The molecule has 1 N–H and O–H groups in total. The number of hydrogen-bond donors (Lipinski definition) is 1. The predicted octanol–water partition coefficient (Wildman–Crippen LogP) is 3.66. The van der Waals surface area contributed by atoms with Gasteiger partial charge in [-0.2, -0.15) is 11.3 Å². The molecule has 102 valence electrons. The molecule has 0 aromatic carbocycles. The van der Waals surface area contributed by atoms with Gasteiger partial charge in [0.05, 0.1) is 0 Å². The molecule has 0 spiro atoms. The number of nitrogens with one attached hydrogen (secondary N) is 1. The maximum absolute atomic E-state index is 3.67. The van der Waals surface area contributed by atoms with Crippen LogP contribution >= 0.6 is 11.3 Å². The molecule has 2 rings (SSSR count). The van der Waals surface area contributed by atoms with Crippen LogP contribution in [-0.4, -0.2) is 30.1 Å². The van der Waals surface area contributed by atoms with Crippen molar-refractivity contribution in [3.8, 4) is 0 Å². The van der Waals surface area contributed by atoms with Crippen LogP contribution < -0.4 is 5.32 Å². The van der Waals surface area contributed by atoms with Crippen LogP contribution in [0.5, 0.6) is 0 Å². The Morgan fingerprint density at radius 3 is 3.00 bits per heavy atom. The molecule has 0 saturated carbocycles. The molecule has 18 heavy (non-hydrogen) atoms. The number of thiophene rings is 1. The molecule has 1 saturated heterocycles. The van der Waals surface area contributed by atoms with Gasteiger partial charge in [0, 0.05) is 24.7 Å². The summed E-state index contributed by atoms with van der Waals surface area (Å²) in [6.45, 7) is 9.35. The average Bonchev–Trinajstić information content (AvgIpc) is 2.89. The van der Waals surface area contributed by atoms with Gasteiger partial charge >= 0.3 is 0 Å². The van der Waals surface area contributed by atoms with Crippen LogP contribution in [0, 0.1) is 0 Å². The van der Waals surface area contributed by atoms with Crippen molar-refractivity contribution in [1.82, 2.24) is 10.2 Å². The zero-order chi connectivity index (χ0) is 13.0. The maximum Gasteiger partial charge on any atom is 0.0330 e. The van der Waals surface area contributed by atoms with Gasteiger partial charge in [0.1, 0.15) is 0 Å². The Labute approximate surface area is 115 Å². The molecule has 1 aliphatic heterocycles. The quantitative estimate of drug-likeness (QED) is 0.875.